The fourth-order valence-corrected chi connectivity index (χ4v) is 2.65. The number of carbonyl (C=O) groups excluding carboxylic acids is 1. The van der Waals surface area contributed by atoms with E-state index in [1.54, 1.807) is 17.3 Å². The molecule has 0 fully saturated rings. The molecule has 0 aliphatic carbocycles. The number of hydrogen-bond acceptors (Lipinski definition) is 5. The molecule has 0 aliphatic rings. The van der Waals surface area contributed by atoms with E-state index < -0.39 is 0 Å². The maximum Gasteiger partial charge on any atom is 0.225 e. The van der Waals surface area contributed by atoms with Gasteiger partial charge in [0, 0.05) is 30.9 Å². The van der Waals surface area contributed by atoms with Crippen LogP contribution >= 0.6 is 11.3 Å². The number of nitrogens with zero attached hydrogens (tertiary/aromatic N) is 4. The van der Waals surface area contributed by atoms with Crippen molar-refractivity contribution in [3.63, 3.8) is 0 Å². The molecule has 0 N–H and O–H groups in total. The summed E-state index contributed by atoms with van der Waals surface area (Å²) in [6.45, 7) is 5.43. The van der Waals surface area contributed by atoms with E-state index in [2.05, 4.69) is 15.2 Å². The zero-order chi connectivity index (χ0) is 13.1. The number of rotatable bonds is 3. The van der Waals surface area contributed by atoms with E-state index in [4.69, 9.17) is 0 Å². The second-order valence-corrected chi connectivity index (χ2v) is 5.07. The predicted molar refractivity (Wildman–Crippen MR) is 71.4 cm³/mol. The second kappa shape index (κ2) is 5.22. The molecule has 18 heavy (non-hydrogen) atoms. The quantitative estimate of drug-likeness (QED) is 0.852. The molecular weight excluding hydrogens is 248 g/mol. The van der Waals surface area contributed by atoms with Crippen molar-refractivity contribution in [1.82, 2.24) is 15.2 Å². The van der Waals surface area contributed by atoms with Gasteiger partial charge in [0.05, 0.1) is 0 Å². The van der Waals surface area contributed by atoms with Crippen LogP contribution in [-0.2, 0) is 4.79 Å². The van der Waals surface area contributed by atoms with Crippen LogP contribution in [0.2, 0.25) is 0 Å². The minimum atomic E-state index is -0.0288. The third kappa shape index (κ3) is 2.53. The SMILES string of the molecule is CC(=O)N(c1nnc(-c2cccnc2)s1)C(C)C. The largest absolute Gasteiger partial charge is 0.284 e. The maximum atomic E-state index is 11.6. The highest BCUT2D eigenvalue weighted by Gasteiger charge is 2.20. The highest BCUT2D eigenvalue weighted by Crippen LogP contribution is 2.29. The lowest BCUT2D eigenvalue weighted by Crippen LogP contribution is -2.34. The van der Waals surface area contributed by atoms with Gasteiger partial charge in [-0.25, -0.2) is 0 Å². The number of carbonyl (C=O) groups is 1. The first-order valence-corrected chi connectivity index (χ1v) is 6.45. The van der Waals surface area contributed by atoms with Crippen molar-refractivity contribution < 1.29 is 4.79 Å². The molecule has 0 spiro atoms. The Morgan fingerprint density at radius 2 is 2.17 bits per heavy atom. The number of pyridine rings is 1. The molecule has 0 aliphatic heterocycles. The topological polar surface area (TPSA) is 59.0 Å². The van der Waals surface area contributed by atoms with Crippen LogP contribution < -0.4 is 4.90 Å². The summed E-state index contributed by atoms with van der Waals surface area (Å²) in [7, 11) is 0. The van der Waals surface area contributed by atoms with Crippen molar-refractivity contribution in [1.29, 1.82) is 0 Å². The molecule has 5 nitrogen and oxygen atoms in total. The Bertz CT molecular complexity index is 538. The first kappa shape index (κ1) is 12.6. The molecule has 2 heterocycles. The Morgan fingerprint density at radius 3 is 2.72 bits per heavy atom. The Kier molecular flexibility index (Phi) is 3.66. The van der Waals surface area contributed by atoms with Crippen LogP contribution in [0.1, 0.15) is 20.8 Å². The number of hydrogen-bond donors (Lipinski definition) is 0. The molecule has 0 saturated carbocycles. The summed E-state index contributed by atoms with van der Waals surface area (Å²) in [5, 5.41) is 9.58. The summed E-state index contributed by atoms with van der Waals surface area (Å²) < 4.78 is 0. The Hall–Kier alpha value is -1.82. The number of amides is 1. The fraction of sp³-hybridized carbons (Fsp3) is 0.333. The van der Waals surface area contributed by atoms with Gasteiger partial charge >= 0.3 is 0 Å². The minimum absolute atomic E-state index is 0.0288. The smallest absolute Gasteiger partial charge is 0.225 e. The van der Waals surface area contributed by atoms with Gasteiger partial charge in [-0.05, 0) is 26.0 Å². The van der Waals surface area contributed by atoms with Crippen LogP contribution in [0.15, 0.2) is 24.5 Å². The highest BCUT2D eigenvalue weighted by atomic mass is 32.1. The van der Waals surface area contributed by atoms with Crippen LogP contribution in [0, 0.1) is 0 Å². The monoisotopic (exact) mass is 262 g/mol. The van der Waals surface area contributed by atoms with E-state index in [1.165, 1.54) is 18.3 Å². The van der Waals surface area contributed by atoms with Crippen molar-refractivity contribution in [2.75, 3.05) is 4.90 Å². The van der Waals surface area contributed by atoms with Crippen LogP contribution in [0.3, 0.4) is 0 Å². The van der Waals surface area contributed by atoms with E-state index >= 15 is 0 Å². The zero-order valence-electron chi connectivity index (χ0n) is 10.5. The summed E-state index contributed by atoms with van der Waals surface area (Å²) in [6.07, 6.45) is 3.44. The van der Waals surface area contributed by atoms with Gasteiger partial charge in [-0.2, -0.15) is 0 Å². The Morgan fingerprint density at radius 1 is 1.39 bits per heavy atom. The third-order valence-electron chi connectivity index (χ3n) is 2.38. The molecule has 1 amide bonds. The van der Waals surface area contributed by atoms with Gasteiger partial charge in [0.2, 0.25) is 11.0 Å². The molecule has 0 saturated heterocycles. The van der Waals surface area contributed by atoms with Crippen LogP contribution in [0.4, 0.5) is 5.13 Å². The summed E-state index contributed by atoms with van der Waals surface area (Å²) in [5.41, 5.74) is 0.911. The molecule has 2 rings (SSSR count). The molecule has 0 atom stereocenters. The van der Waals surface area contributed by atoms with Gasteiger partial charge in [-0.3, -0.25) is 14.7 Å². The predicted octanol–water partition coefficient (Wildman–Crippen LogP) is 2.36. The molecule has 6 heteroatoms. The van der Waals surface area contributed by atoms with Crippen molar-refractivity contribution in [3.8, 4) is 10.6 Å². The van der Waals surface area contributed by atoms with Crippen molar-refractivity contribution >= 4 is 22.4 Å². The van der Waals surface area contributed by atoms with Crippen LogP contribution in [0.5, 0.6) is 0 Å². The van der Waals surface area contributed by atoms with E-state index in [9.17, 15) is 4.79 Å². The number of aromatic nitrogens is 3. The molecule has 0 unspecified atom stereocenters. The zero-order valence-corrected chi connectivity index (χ0v) is 11.3. The standard InChI is InChI=1S/C12H14N4OS/c1-8(2)16(9(3)17)12-15-14-11(18-12)10-5-4-6-13-7-10/h4-8H,1-3H3. The van der Waals surface area contributed by atoms with E-state index in [-0.39, 0.29) is 11.9 Å². The Labute approximate surface area is 110 Å². The molecule has 0 bridgehead atoms. The fourth-order valence-electron chi connectivity index (χ4n) is 1.64. The Balaban J connectivity index is 2.33. The van der Waals surface area contributed by atoms with Crippen LogP contribution in [0.25, 0.3) is 10.6 Å². The van der Waals surface area contributed by atoms with Gasteiger partial charge in [0.25, 0.3) is 0 Å². The van der Waals surface area contributed by atoms with Gasteiger partial charge in [0.15, 0.2) is 5.01 Å². The highest BCUT2D eigenvalue weighted by molar-refractivity contribution is 7.18. The van der Waals surface area contributed by atoms with Crippen molar-refractivity contribution in [2.24, 2.45) is 0 Å². The van der Waals surface area contributed by atoms with E-state index in [0.717, 1.165) is 10.6 Å². The van der Waals surface area contributed by atoms with Gasteiger partial charge in [0.1, 0.15) is 0 Å². The molecule has 0 aromatic carbocycles. The molecule has 2 aromatic rings. The van der Waals surface area contributed by atoms with E-state index in [1.807, 2.05) is 26.0 Å². The molecule has 0 radical (unpaired) electrons. The lowest BCUT2D eigenvalue weighted by molar-refractivity contribution is -0.116. The van der Waals surface area contributed by atoms with Gasteiger partial charge < -0.3 is 0 Å². The van der Waals surface area contributed by atoms with Gasteiger partial charge in [-0.1, -0.05) is 11.3 Å². The number of anilines is 1. The molecule has 2 aromatic heterocycles. The first-order valence-electron chi connectivity index (χ1n) is 5.63. The van der Waals surface area contributed by atoms with Crippen LogP contribution in [-0.4, -0.2) is 27.1 Å². The third-order valence-corrected chi connectivity index (χ3v) is 3.36. The lowest BCUT2D eigenvalue weighted by Gasteiger charge is -2.21. The lowest BCUT2D eigenvalue weighted by atomic mass is 10.3. The summed E-state index contributed by atoms with van der Waals surface area (Å²) in [4.78, 5) is 17.3. The van der Waals surface area contributed by atoms with Crippen molar-refractivity contribution in [2.45, 2.75) is 26.8 Å². The first-order chi connectivity index (χ1) is 8.59. The summed E-state index contributed by atoms with van der Waals surface area (Å²) in [6, 6.07) is 3.84. The maximum absolute atomic E-state index is 11.6. The van der Waals surface area contributed by atoms with Crippen molar-refractivity contribution in [3.05, 3.63) is 24.5 Å². The minimum Gasteiger partial charge on any atom is -0.284 e. The molecular formula is C12H14N4OS. The molecule has 94 valence electrons. The normalized spacial score (nSPS) is 10.7. The van der Waals surface area contributed by atoms with Gasteiger partial charge in [-0.15, -0.1) is 10.2 Å². The second-order valence-electron chi connectivity index (χ2n) is 4.11. The average molecular weight is 262 g/mol. The summed E-state index contributed by atoms with van der Waals surface area (Å²) in [5.74, 6) is -0.0288. The average Bonchev–Trinajstić information content (AvgIpc) is 2.78. The van der Waals surface area contributed by atoms with E-state index in [0.29, 0.717) is 5.13 Å². The summed E-state index contributed by atoms with van der Waals surface area (Å²) >= 11 is 1.39.